The van der Waals surface area contributed by atoms with E-state index >= 15 is 0 Å². The highest BCUT2D eigenvalue weighted by atomic mass is 16.7. The van der Waals surface area contributed by atoms with Gasteiger partial charge in [0.2, 0.25) is 0 Å². The van der Waals surface area contributed by atoms with E-state index in [0.29, 0.717) is 6.61 Å². The van der Waals surface area contributed by atoms with Crippen molar-refractivity contribution in [3.05, 3.63) is 0 Å². The normalized spacial score (nSPS) is 32.7. The largest absolute Gasteiger partial charge is 0.375 e. The van der Waals surface area contributed by atoms with Crippen LogP contribution < -0.4 is 0 Å². The van der Waals surface area contributed by atoms with E-state index in [4.69, 9.17) is 14.7 Å². The van der Waals surface area contributed by atoms with Gasteiger partial charge in [0.15, 0.2) is 11.9 Å². The van der Waals surface area contributed by atoms with Gasteiger partial charge in [0.25, 0.3) is 0 Å². The Kier molecular flexibility index (Phi) is 2.73. The smallest absolute Gasteiger partial charge is 0.169 e. The first kappa shape index (κ1) is 9.91. The maximum atomic E-state index is 9.31. The molecule has 0 amide bonds. The van der Waals surface area contributed by atoms with Crippen LogP contribution in [0.2, 0.25) is 0 Å². The summed E-state index contributed by atoms with van der Waals surface area (Å²) in [4.78, 5) is 0. The van der Waals surface area contributed by atoms with Crippen LogP contribution in [0.5, 0.6) is 0 Å². The van der Waals surface area contributed by atoms with Gasteiger partial charge in [-0.1, -0.05) is 6.42 Å². The molecule has 0 aromatic carbocycles. The molecule has 4 heteroatoms. The van der Waals surface area contributed by atoms with E-state index < -0.39 is 18.0 Å². The minimum absolute atomic E-state index is 0.342. The van der Waals surface area contributed by atoms with Gasteiger partial charge in [-0.25, -0.2) is 0 Å². The van der Waals surface area contributed by atoms with E-state index in [0.717, 1.165) is 25.7 Å². The molecule has 1 saturated heterocycles. The van der Waals surface area contributed by atoms with Crippen LogP contribution in [0.3, 0.4) is 0 Å². The van der Waals surface area contributed by atoms with E-state index in [1.807, 2.05) is 0 Å². The molecule has 0 unspecified atom stereocenters. The van der Waals surface area contributed by atoms with Crippen molar-refractivity contribution in [1.29, 1.82) is 5.26 Å². The Labute approximate surface area is 83.4 Å². The molecule has 1 aliphatic carbocycles. The average molecular weight is 197 g/mol. The summed E-state index contributed by atoms with van der Waals surface area (Å²) in [6, 6.07) is 1.78. The van der Waals surface area contributed by atoms with Crippen molar-refractivity contribution in [2.45, 2.75) is 50.1 Å². The zero-order valence-electron chi connectivity index (χ0n) is 8.11. The number of hydrogen-bond acceptors (Lipinski definition) is 4. The fourth-order valence-electron chi connectivity index (χ4n) is 2.17. The molecule has 0 aromatic rings. The predicted octanol–water partition coefficient (Wildman–Crippen LogP) is 0.947. The topological polar surface area (TPSA) is 62.5 Å². The molecule has 0 radical (unpaired) electrons. The van der Waals surface area contributed by atoms with Gasteiger partial charge < -0.3 is 14.6 Å². The predicted molar refractivity (Wildman–Crippen MR) is 48.3 cm³/mol. The summed E-state index contributed by atoms with van der Waals surface area (Å²) in [5.74, 6) is -0.485. The molecule has 0 bridgehead atoms. The Bertz CT molecular complexity index is 242. The minimum atomic E-state index is -1.06. The Hall–Kier alpha value is -0.630. The maximum absolute atomic E-state index is 9.31. The van der Waals surface area contributed by atoms with Crippen LogP contribution in [0.15, 0.2) is 0 Å². The molecule has 2 aliphatic rings. The molecule has 1 N–H and O–H groups in total. The summed E-state index contributed by atoms with van der Waals surface area (Å²) in [7, 11) is 0. The lowest BCUT2D eigenvalue weighted by molar-refractivity contribution is -0.192. The highest BCUT2D eigenvalue weighted by Gasteiger charge is 2.44. The molecule has 2 atom stereocenters. The van der Waals surface area contributed by atoms with Crippen molar-refractivity contribution >= 4 is 0 Å². The Morgan fingerprint density at radius 2 is 2.07 bits per heavy atom. The van der Waals surface area contributed by atoms with Crippen LogP contribution in [-0.4, -0.2) is 29.7 Å². The fraction of sp³-hybridized carbons (Fsp3) is 0.900. The van der Waals surface area contributed by atoms with Crippen molar-refractivity contribution in [3.63, 3.8) is 0 Å². The van der Waals surface area contributed by atoms with Crippen LogP contribution in [0.1, 0.15) is 32.1 Å². The van der Waals surface area contributed by atoms with Gasteiger partial charge in [0.1, 0.15) is 6.10 Å². The molecule has 1 saturated carbocycles. The zero-order chi connectivity index (χ0) is 10.0. The van der Waals surface area contributed by atoms with Crippen LogP contribution in [0.4, 0.5) is 0 Å². The number of ether oxygens (including phenoxy) is 2. The van der Waals surface area contributed by atoms with Gasteiger partial charge in [-0.3, -0.25) is 0 Å². The first-order valence-corrected chi connectivity index (χ1v) is 5.15. The lowest BCUT2D eigenvalue weighted by atomic mass is 9.94. The third-order valence-electron chi connectivity index (χ3n) is 2.98. The van der Waals surface area contributed by atoms with Crippen molar-refractivity contribution < 1.29 is 14.6 Å². The molecule has 1 heterocycles. The summed E-state index contributed by atoms with van der Waals surface area (Å²) in [5, 5.41) is 17.9. The second-order valence-corrected chi connectivity index (χ2v) is 4.01. The molecule has 0 aromatic heterocycles. The fourth-order valence-corrected chi connectivity index (χ4v) is 2.17. The molecular weight excluding hydrogens is 182 g/mol. The summed E-state index contributed by atoms with van der Waals surface area (Å²) < 4.78 is 11.2. The van der Waals surface area contributed by atoms with Gasteiger partial charge in [-0.15, -0.1) is 0 Å². The SMILES string of the molecule is N#C[C@@H](O)[C@H]1COC2(CCCCC2)O1. The lowest BCUT2D eigenvalue weighted by Crippen LogP contribution is -2.35. The van der Waals surface area contributed by atoms with Gasteiger partial charge in [-0.2, -0.15) is 5.26 Å². The monoisotopic (exact) mass is 197 g/mol. The van der Waals surface area contributed by atoms with Gasteiger partial charge in [0.05, 0.1) is 12.7 Å². The summed E-state index contributed by atoms with van der Waals surface area (Å²) in [5.41, 5.74) is 0. The number of nitrogens with zero attached hydrogens (tertiary/aromatic N) is 1. The number of aliphatic hydroxyl groups is 1. The molecule has 2 rings (SSSR count). The van der Waals surface area contributed by atoms with Crippen LogP contribution in [0, 0.1) is 11.3 Å². The van der Waals surface area contributed by atoms with Gasteiger partial charge >= 0.3 is 0 Å². The minimum Gasteiger partial charge on any atom is -0.375 e. The highest BCUT2D eigenvalue weighted by molar-refractivity contribution is 4.94. The summed E-state index contributed by atoms with van der Waals surface area (Å²) in [6.45, 7) is 0.342. The molecule has 1 aliphatic heterocycles. The zero-order valence-corrected chi connectivity index (χ0v) is 8.11. The van der Waals surface area contributed by atoms with Gasteiger partial charge in [-0.05, 0) is 12.8 Å². The molecule has 14 heavy (non-hydrogen) atoms. The highest BCUT2D eigenvalue weighted by Crippen LogP contribution is 2.38. The van der Waals surface area contributed by atoms with Crippen LogP contribution >= 0.6 is 0 Å². The maximum Gasteiger partial charge on any atom is 0.169 e. The van der Waals surface area contributed by atoms with Crippen molar-refractivity contribution in [1.82, 2.24) is 0 Å². The number of aliphatic hydroxyl groups excluding tert-OH is 1. The lowest BCUT2D eigenvalue weighted by Gasteiger charge is -2.31. The number of hydrogen-bond donors (Lipinski definition) is 1. The molecule has 1 spiro atoms. The standard InChI is InChI=1S/C10H15NO3/c11-6-8(12)9-7-13-10(14-9)4-2-1-3-5-10/h8-9,12H,1-5,7H2/t8-,9-/m1/s1. The average Bonchev–Trinajstić information content (AvgIpc) is 2.62. The van der Waals surface area contributed by atoms with E-state index in [-0.39, 0.29) is 0 Å². The second-order valence-electron chi connectivity index (χ2n) is 4.01. The van der Waals surface area contributed by atoms with E-state index in [1.54, 1.807) is 6.07 Å². The summed E-state index contributed by atoms with van der Waals surface area (Å²) >= 11 is 0. The Balaban J connectivity index is 1.96. The van der Waals surface area contributed by atoms with Gasteiger partial charge in [0, 0.05) is 12.8 Å². The van der Waals surface area contributed by atoms with E-state index in [9.17, 15) is 5.11 Å². The molecule has 78 valence electrons. The van der Waals surface area contributed by atoms with Crippen molar-refractivity contribution in [3.8, 4) is 6.07 Å². The third-order valence-corrected chi connectivity index (χ3v) is 2.98. The van der Waals surface area contributed by atoms with E-state index in [1.165, 1.54) is 6.42 Å². The van der Waals surface area contributed by atoms with E-state index in [2.05, 4.69) is 0 Å². The third kappa shape index (κ3) is 1.76. The quantitative estimate of drug-likeness (QED) is 0.635. The van der Waals surface area contributed by atoms with Crippen molar-refractivity contribution in [2.24, 2.45) is 0 Å². The number of nitriles is 1. The van der Waals surface area contributed by atoms with Crippen LogP contribution in [-0.2, 0) is 9.47 Å². The van der Waals surface area contributed by atoms with Crippen molar-refractivity contribution in [2.75, 3.05) is 6.61 Å². The van der Waals surface area contributed by atoms with Crippen LogP contribution in [0.25, 0.3) is 0 Å². The Morgan fingerprint density at radius 1 is 1.36 bits per heavy atom. The first-order valence-electron chi connectivity index (χ1n) is 5.15. The molecular formula is C10H15NO3. The molecule has 4 nitrogen and oxygen atoms in total. The Morgan fingerprint density at radius 3 is 2.71 bits per heavy atom. The number of rotatable bonds is 1. The molecule has 2 fully saturated rings. The first-order chi connectivity index (χ1) is 6.76. The summed E-state index contributed by atoms with van der Waals surface area (Å²) in [6.07, 6.45) is 3.70. The second kappa shape index (κ2) is 3.85.